The Bertz CT molecular complexity index is 1180. The van der Waals surface area contributed by atoms with Crippen LogP contribution in [0.25, 0.3) is 0 Å². The molecule has 3 heterocycles. The molecule has 0 amide bonds. The molecule has 6 aliphatic rings. The minimum atomic E-state index is -4.37. The Morgan fingerprint density at radius 1 is 1.08 bits per heavy atom. The van der Waals surface area contributed by atoms with Crippen LogP contribution in [0, 0.1) is 40.9 Å². The number of aromatic amines is 1. The van der Waals surface area contributed by atoms with Crippen LogP contribution in [-0.2, 0) is 23.8 Å². The highest BCUT2D eigenvalue weighted by Crippen LogP contribution is 2.64. The van der Waals surface area contributed by atoms with E-state index in [1.54, 1.807) is 5.57 Å². The summed E-state index contributed by atoms with van der Waals surface area (Å²) >= 11 is 0. The second-order valence-corrected chi connectivity index (χ2v) is 13.8. The number of rotatable bonds is 0. The third kappa shape index (κ3) is 3.44. The van der Waals surface area contributed by atoms with Gasteiger partial charge in [-0.3, -0.25) is 10.1 Å². The lowest BCUT2D eigenvalue weighted by atomic mass is 9.52. The molecule has 9 atom stereocenters. The molecule has 0 unspecified atom stereocenters. The summed E-state index contributed by atoms with van der Waals surface area (Å²) in [7, 11) is 0. The molecule has 2 aliphatic heterocycles. The van der Waals surface area contributed by atoms with Crippen LogP contribution in [0.5, 0.6) is 0 Å². The lowest BCUT2D eigenvalue weighted by molar-refractivity contribution is -0.142. The summed E-state index contributed by atoms with van der Waals surface area (Å²) in [5.41, 5.74) is 4.65. The van der Waals surface area contributed by atoms with E-state index < -0.39 is 11.9 Å². The zero-order valence-corrected chi connectivity index (χ0v) is 22.5. The fraction of sp³-hybridized carbons (Fsp3) is 0.800. The Labute approximate surface area is 217 Å². The van der Waals surface area contributed by atoms with E-state index in [1.807, 2.05) is 0 Å². The topological polar surface area (TPSA) is 50.3 Å². The largest absolute Gasteiger partial charge is 0.433 e. The Kier molecular flexibility index (Phi) is 5.25. The van der Waals surface area contributed by atoms with Crippen molar-refractivity contribution in [3.63, 3.8) is 0 Å². The van der Waals surface area contributed by atoms with E-state index in [1.165, 1.54) is 17.7 Å². The van der Waals surface area contributed by atoms with E-state index in [0.717, 1.165) is 45.1 Å². The second kappa shape index (κ2) is 7.95. The number of H-pyrrole nitrogens is 1. The van der Waals surface area contributed by atoms with Gasteiger partial charge in [-0.1, -0.05) is 31.9 Å². The predicted octanol–water partition coefficient (Wildman–Crippen LogP) is 6.95. The molecule has 7 heteroatoms. The molecule has 0 bridgehead atoms. The molecule has 3 fully saturated rings. The first-order chi connectivity index (χ1) is 17.5. The van der Waals surface area contributed by atoms with Gasteiger partial charge in [-0.05, 0) is 99.7 Å². The molecular formula is C30H40F3N3O. The number of allylic oxidation sites excluding steroid dienone is 1. The minimum Gasteiger partial charge on any atom is -0.365 e. The Balaban J connectivity index is 1.19. The Morgan fingerprint density at radius 3 is 2.68 bits per heavy atom. The first kappa shape index (κ1) is 24.4. The Morgan fingerprint density at radius 2 is 1.89 bits per heavy atom. The fourth-order valence-electron chi connectivity index (χ4n) is 9.95. The molecule has 1 aromatic rings. The highest BCUT2D eigenvalue weighted by Gasteiger charge is 2.59. The smallest absolute Gasteiger partial charge is 0.365 e. The van der Waals surface area contributed by atoms with Crippen molar-refractivity contribution in [3.8, 4) is 0 Å². The minimum absolute atomic E-state index is 0.103. The maximum absolute atomic E-state index is 13.8. The number of alkyl halides is 3. The summed E-state index contributed by atoms with van der Waals surface area (Å²) in [6.45, 7) is 10.2. The van der Waals surface area contributed by atoms with E-state index >= 15 is 0 Å². The number of aromatic nitrogens is 2. The van der Waals surface area contributed by atoms with Crippen LogP contribution in [0.3, 0.4) is 0 Å². The molecule has 4 nitrogen and oxygen atoms in total. The highest BCUT2D eigenvalue weighted by molar-refractivity contribution is 5.94. The van der Waals surface area contributed by atoms with Gasteiger partial charge in [0.2, 0.25) is 0 Å². The number of nitrogens with one attached hydrogen (secondary N) is 1. The van der Waals surface area contributed by atoms with Crippen LogP contribution in [0.4, 0.5) is 13.2 Å². The normalized spacial score (nSPS) is 45.1. The van der Waals surface area contributed by atoms with Gasteiger partial charge in [0.25, 0.3) is 0 Å². The van der Waals surface area contributed by atoms with Crippen molar-refractivity contribution in [2.45, 2.75) is 103 Å². The molecular weight excluding hydrogens is 475 g/mol. The standard InChI is InChI=1S/C30H40F3N3O/c1-15-9-25-26(34-14-15)17(3)29(37-25)8-7-19-20-6-5-18-10-24-22(27(36-35-24)30(31,32)33)13-28(18,4)23(20)11-21(19)16(2)12-29/h15,17-20,23,25H,5-14H2,1-4H3,(H,35,36)/t15-,17+,18+,19-,20-,23-,25+,28-,29-/m0/s1. The maximum atomic E-state index is 13.8. The monoisotopic (exact) mass is 515 g/mol. The van der Waals surface area contributed by atoms with Gasteiger partial charge in [0.15, 0.2) is 0 Å². The van der Waals surface area contributed by atoms with Crippen molar-refractivity contribution < 1.29 is 17.9 Å². The molecule has 1 N–H and O–H groups in total. The zero-order chi connectivity index (χ0) is 25.9. The van der Waals surface area contributed by atoms with Crippen LogP contribution in [0.2, 0.25) is 0 Å². The molecule has 2 saturated carbocycles. The summed E-state index contributed by atoms with van der Waals surface area (Å²) < 4.78 is 48.2. The molecule has 4 aliphatic carbocycles. The molecule has 1 saturated heterocycles. The molecule has 202 valence electrons. The van der Waals surface area contributed by atoms with E-state index in [0.29, 0.717) is 59.6 Å². The number of halogens is 3. The van der Waals surface area contributed by atoms with Crippen LogP contribution in [-0.4, -0.2) is 34.2 Å². The van der Waals surface area contributed by atoms with Crippen molar-refractivity contribution in [2.75, 3.05) is 6.54 Å². The van der Waals surface area contributed by atoms with Crippen molar-refractivity contribution in [1.82, 2.24) is 10.2 Å². The van der Waals surface area contributed by atoms with Crippen molar-refractivity contribution >= 4 is 5.71 Å². The van der Waals surface area contributed by atoms with Gasteiger partial charge in [-0.25, -0.2) is 0 Å². The zero-order valence-electron chi connectivity index (χ0n) is 22.5. The number of fused-ring (bicyclic) bond motifs is 7. The second-order valence-electron chi connectivity index (χ2n) is 13.8. The van der Waals surface area contributed by atoms with Gasteiger partial charge in [0, 0.05) is 23.7 Å². The molecule has 7 rings (SSSR count). The summed E-state index contributed by atoms with van der Waals surface area (Å²) in [5.74, 6) is 2.94. The summed E-state index contributed by atoms with van der Waals surface area (Å²) in [6, 6.07) is 0. The van der Waals surface area contributed by atoms with Gasteiger partial charge in [-0.2, -0.15) is 18.3 Å². The molecule has 0 aromatic carbocycles. The highest BCUT2D eigenvalue weighted by atomic mass is 19.4. The number of hydrogen-bond acceptors (Lipinski definition) is 3. The number of ether oxygens (including phenoxy) is 1. The van der Waals surface area contributed by atoms with Crippen LogP contribution in [0.1, 0.15) is 89.6 Å². The van der Waals surface area contributed by atoms with Crippen molar-refractivity contribution in [3.05, 3.63) is 28.1 Å². The lowest BCUT2D eigenvalue weighted by Gasteiger charge is -2.52. The van der Waals surface area contributed by atoms with Crippen LogP contribution >= 0.6 is 0 Å². The average Bonchev–Trinajstić information content (AvgIpc) is 3.45. The predicted molar refractivity (Wildman–Crippen MR) is 136 cm³/mol. The third-order valence-corrected chi connectivity index (χ3v) is 11.9. The van der Waals surface area contributed by atoms with E-state index in [9.17, 15) is 13.2 Å². The van der Waals surface area contributed by atoms with Gasteiger partial charge < -0.3 is 4.74 Å². The van der Waals surface area contributed by atoms with Gasteiger partial charge >= 0.3 is 6.18 Å². The first-order valence-electron chi connectivity index (χ1n) is 14.5. The summed E-state index contributed by atoms with van der Waals surface area (Å²) in [6.07, 6.45) is 4.61. The lowest BCUT2D eigenvalue weighted by Crippen LogP contribution is -2.47. The van der Waals surface area contributed by atoms with Gasteiger partial charge in [0.05, 0.1) is 17.4 Å². The van der Waals surface area contributed by atoms with Crippen molar-refractivity contribution in [2.24, 2.45) is 45.9 Å². The quantitative estimate of drug-likeness (QED) is 0.380. The van der Waals surface area contributed by atoms with E-state index in [4.69, 9.17) is 9.73 Å². The molecule has 37 heavy (non-hydrogen) atoms. The average molecular weight is 516 g/mol. The van der Waals surface area contributed by atoms with Gasteiger partial charge in [-0.15, -0.1) is 0 Å². The summed E-state index contributed by atoms with van der Waals surface area (Å²) in [4.78, 5) is 4.98. The summed E-state index contributed by atoms with van der Waals surface area (Å²) in [5, 5.41) is 6.49. The molecule has 1 spiro atoms. The number of aliphatic imine (C=N–C) groups is 1. The van der Waals surface area contributed by atoms with Crippen LogP contribution in [0.15, 0.2) is 16.1 Å². The number of hydrogen-bond donors (Lipinski definition) is 1. The van der Waals surface area contributed by atoms with E-state index in [2.05, 4.69) is 37.9 Å². The SMILES string of the molecule is CC1=C2C[C@H]3[C@@H](CC[C@@H]4Cc5n[nH]c(C(F)(F)F)c5C[C@@]43C)[C@@H]2CC[C@@]2(C1)O[C@@H]1C[C@H](C)CN=C1[C@H]2C. The number of nitrogens with zero attached hydrogens (tertiary/aromatic N) is 2. The fourth-order valence-corrected chi connectivity index (χ4v) is 9.95. The maximum Gasteiger partial charge on any atom is 0.433 e. The van der Waals surface area contributed by atoms with Crippen LogP contribution < -0.4 is 0 Å². The van der Waals surface area contributed by atoms with Crippen molar-refractivity contribution in [1.29, 1.82) is 0 Å². The van der Waals surface area contributed by atoms with Gasteiger partial charge in [0.1, 0.15) is 5.69 Å². The third-order valence-electron chi connectivity index (χ3n) is 11.9. The van der Waals surface area contributed by atoms with E-state index in [-0.39, 0.29) is 17.1 Å². The molecule has 1 aromatic heterocycles. The first-order valence-corrected chi connectivity index (χ1v) is 14.5. The Hall–Kier alpha value is -1.63. The molecule has 0 radical (unpaired) electrons.